The summed E-state index contributed by atoms with van der Waals surface area (Å²) < 4.78 is 7.58. The van der Waals surface area contributed by atoms with Crippen LogP contribution in [0.25, 0.3) is 86.3 Å². The van der Waals surface area contributed by atoms with Gasteiger partial charge in [0.05, 0.1) is 26.8 Å². The molecule has 10 rings (SSSR count). The summed E-state index contributed by atoms with van der Waals surface area (Å²) >= 11 is 1.90. The molecule has 45 heavy (non-hydrogen) atoms. The van der Waals surface area contributed by atoms with E-state index in [0.717, 1.165) is 0 Å². The fraction of sp³-hybridized carbons (Fsp3) is 0. The zero-order valence-electron chi connectivity index (χ0n) is 24.3. The maximum atomic E-state index is 2.52. The lowest BCUT2D eigenvalue weighted by Crippen LogP contribution is -1.96. The van der Waals surface area contributed by atoms with E-state index in [1.807, 2.05) is 11.3 Å². The molecule has 3 aromatic heterocycles. The average Bonchev–Trinajstić information content (AvgIpc) is 3.75. The molecule has 3 heterocycles. The first-order chi connectivity index (χ1) is 22.3. The van der Waals surface area contributed by atoms with Gasteiger partial charge in [-0.05, 0) is 59.7 Å². The number of hydrogen-bond acceptors (Lipinski definition) is 1. The summed E-state index contributed by atoms with van der Waals surface area (Å²) in [6.07, 6.45) is 0. The van der Waals surface area contributed by atoms with Gasteiger partial charge in [0.1, 0.15) is 0 Å². The van der Waals surface area contributed by atoms with Gasteiger partial charge in [-0.2, -0.15) is 0 Å². The van der Waals surface area contributed by atoms with Crippen molar-refractivity contribution in [2.75, 3.05) is 0 Å². The van der Waals surface area contributed by atoms with Crippen LogP contribution in [0.15, 0.2) is 158 Å². The van der Waals surface area contributed by atoms with E-state index in [2.05, 4.69) is 167 Å². The maximum Gasteiger partial charge on any atom is 0.0719 e. The summed E-state index contributed by atoms with van der Waals surface area (Å²) in [5.41, 5.74) is 9.70. The second kappa shape index (κ2) is 9.43. The van der Waals surface area contributed by atoms with Crippen LogP contribution < -0.4 is 0 Å². The van der Waals surface area contributed by atoms with E-state index < -0.39 is 0 Å². The normalized spacial score (nSPS) is 12.0. The first-order valence-corrected chi connectivity index (χ1v) is 16.2. The molecule has 0 amide bonds. The van der Waals surface area contributed by atoms with Crippen LogP contribution in [-0.2, 0) is 0 Å². The lowest BCUT2D eigenvalue weighted by molar-refractivity contribution is 1.17. The predicted molar refractivity (Wildman–Crippen MR) is 193 cm³/mol. The Kier molecular flexibility index (Phi) is 5.19. The minimum Gasteiger partial charge on any atom is -0.309 e. The topological polar surface area (TPSA) is 9.86 Å². The molecule has 210 valence electrons. The van der Waals surface area contributed by atoms with Gasteiger partial charge in [0.15, 0.2) is 0 Å². The molecular weight excluding hydrogens is 565 g/mol. The SMILES string of the molecule is c1ccc(-c2cccc(-n3c4cc5c(cc4c4ccc6c7ccccc7sc6c43)c3ccccc3n5-c3ccccc3)c2)cc1. The quantitative estimate of drug-likeness (QED) is 0.194. The van der Waals surface area contributed by atoms with Gasteiger partial charge in [-0.3, -0.25) is 0 Å². The molecule has 0 unspecified atom stereocenters. The second-order valence-electron chi connectivity index (χ2n) is 11.8. The molecule has 0 fully saturated rings. The van der Waals surface area contributed by atoms with Gasteiger partial charge in [-0.25, -0.2) is 0 Å². The first kappa shape index (κ1) is 24.8. The van der Waals surface area contributed by atoms with E-state index >= 15 is 0 Å². The van der Waals surface area contributed by atoms with E-state index in [4.69, 9.17) is 0 Å². The van der Waals surface area contributed by atoms with Gasteiger partial charge in [0, 0.05) is 48.4 Å². The molecule has 0 N–H and O–H groups in total. The molecule has 3 heteroatoms. The molecule has 0 aliphatic rings. The Morgan fingerprint density at radius 3 is 1.87 bits per heavy atom. The zero-order valence-corrected chi connectivity index (χ0v) is 25.1. The number of thiophene rings is 1. The third kappa shape index (κ3) is 3.56. The van der Waals surface area contributed by atoms with Crippen LogP contribution in [0.5, 0.6) is 0 Å². The van der Waals surface area contributed by atoms with Crippen molar-refractivity contribution in [3.63, 3.8) is 0 Å². The highest BCUT2D eigenvalue weighted by atomic mass is 32.1. The van der Waals surface area contributed by atoms with Crippen molar-refractivity contribution in [3.05, 3.63) is 158 Å². The van der Waals surface area contributed by atoms with Gasteiger partial charge in [0.2, 0.25) is 0 Å². The maximum absolute atomic E-state index is 2.52. The average molecular weight is 591 g/mol. The Labute approximate surface area is 263 Å². The van der Waals surface area contributed by atoms with Crippen molar-refractivity contribution in [3.8, 4) is 22.5 Å². The molecule has 0 radical (unpaired) electrons. The second-order valence-corrected chi connectivity index (χ2v) is 12.8. The van der Waals surface area contributed by atoms with E-state index in [9.17, 15) is 0 Å². The Hall–Kier alpha value is -5.64. The van der Waals surface area contributed by atoms with Gasteiger partial charge >= 0.3 is 0 Å². The smallest absolute Gasteiger partial charge is 0.0719 e. The highest BCUT2D eigenvalue weighted by Crippen LogP contribution is 2.45. The monoisotopic (exact) mass is 590 g/mol. The molecular formula is C42H26N2S. The summed E-state index contributed by atoms with van der Waals surface area (Å²) in [7, 11) is 0. The summed E-state index contributed by atoms with van der Waals surface area (Å²) in [4.78, 5) is 0. The lowest BCUT2D eigenvalue weighted by Gasteiger charge is -2.12. The third-order valence-corrected chi connectivity index (χ3v) is 10.5. The van der Waals surface area contributed by atoms with Gasteiger partial charge in [-0.15, -0.1) is 11.3 Å². The molecule has 0 atom stereocenters. The van der Waals surface area contributed by atoms with Gasteiger partial charge in [-0.1, -0.05) is 109 Å². The Bertz CT molecular complexity index is 2740. The van der Waals surface area contributed by atoms with Crippen molar-refractivity contribution in [2.45, 2.75) is 0 Å². The van der Waals surface area contributed by atoms with Crippen molar-refractivity contribution in [1.82, 2.24) is 9.13 Å². The Morgan fingerprint density at radius 2 is 1.00 bits per heavy atom. The Balaban J connectivity index is 1.40. The lowest BCUT2D eigenvalue weighted by atomic mass is 10.1. The van der Waals surface area contributed by atoms with Crippen molar-refractivity contribution in [2.24, 2.45) is 0 Å². The largest absolute Gasteiger partial charge is 0.309 e. The van der Waals surface area contributed by atoms with E-state index in [-0.39, 0.29) is 0 Å². The molecule has 0 spiro atoms. The fourth-order valence-electron chi connectivity index (χ4n) is 7.32. The summed E-state index contributed by atoms with van der Waals surface area (Å²) in [5, 5.41) is 7.74. The molecule has 2 nitrogen and oxygen atoms in total. The number of aromatic nitrogens is 2. The standard InChI is InChI=1S/C42H26N2S/c1-3-12-27(13-4-1)28-14-11-17-30(24-28)44-39-26-38-35(31-18-7-9-20-37(31)43(38)29-15-5-2-6-16-29)25-36(39)33-22-23-34-32-19-8-10-21-40(32)45-42(34)41(33)44/h1-26H. The highest BCUT2D eigenvalue weighted by Gasteiger charge is 2.21. The van der Waals surface area contributed by atoms with Crippen LogP contribution in [0.2, 0.25) is 0 Å². The summed E-state index contributed by atoms with van der Waals surface area (Å²) in [6, 6.07) is 57.6. The molecule has 0 aliphatic heterocycles. The van der Waals surface area contributed by atoms with Gasteiger partial charge in [0.25, 0.3) is 0 Å². The van der Waals surface area contributed by atoms with Crippen LogP contribution in [-0.4, -0.2) is 9.13 Å². The first-order valence-electron chi connectivity index (χ1n) is 15.4. The number of rotatable bonds is 3. The van der Waals surface area contributed by atoms with Crippen LogP contribution in [0.1, 0.15) is 0 Å². The molecule has 10 aromatic rings. The van der Waals surface area contributed by atoms with Crippen LogP contribution in [0.4, 0.5) is 0 Å². The zero-order chi connectivity index (χ0) is 29.5. The fourth-order valence-corrected chi connectivity index (χ4v) is 8.56. The molecule has 7 aromatic carbocycles. The van der Waals surface area contributed by atoms with Gasteiger partial charge < -0.3 is 9.13 Å². The Morgan fingerprint density at radius 1 is 0.356 bits per heavy atom. The molecule has 0 saturated heterocycles. The van der Waals surface area contributed by atoms with Crippen LogP contribution in [0, 0.1) is 0 Å². The number of hydrogen-bond donors (Lipinski definition) is 0. The number of benzene rings is 7. The highest BCUT2D eigenvalue weighted by molar-refractivity contribution is 7.26. The van der Waals surface area contributed by atoms with E-state index in [0.29, 0.717) is 0 Å². The molecule has 0 bridgehead atoms. The number of nitrogens with zero attached hydrogens (tertiary/aromatic N) is 2. The van der Waals surface area contributed by atoms with Crippen molar-refractivity contribution in [1.29, 1.82) is 0 Å². The van der Waals surface area contributed by atoms with Crippen molar-refractivity contribution < 1.29 is 0 Å². The van der Waals surface area contributed by atoms with Crippen LogP contribution in [0.3, 0.4) is 0 Å². The minimum absolute atomic E-state index is 1.17. The van der Waals surface area contributed by atoms with E-state index in [1.165, 1.54) is 86.3 Å². The molecule has 0 saturated carbocycles. The van der Waals surface area contributed by atoms with Crippen molar-refractivity contribution >= 4 is 75.1 Å². The third-order valence-electron chi connectivity index (χ3n) is 9.29. The van der Waals surface area contributed by atoms with Crippen LogP contribution >= 0.6 is 11.3 Å². The molecule has 0 aliphatic carbocycles. The minimum atomic E-state index is 1.17. The number of fused-ring (bicyclic) bond motifs is 10. The predicted octanol–water partition coefficient (Wildman–Crippen LogP) is 11.9. The summed E-state index contributed by atoms with van der Waals surface area (Å²) in [5.74, 6) is 0. The summed E-state index contributed by atoms with van der Waals surface area (Å²) in [6.45, 7) is 0. The number of para-hydroxylation sites is 2. The van der Waals surface area contributed by atoms with E-state index in [1.54, 1.807) is 0 Å².